The molecule has 0 amide bonds. The van der Waals surface area contributed by atoms with E-state index in [4.69, 9.17) is 5.73 Å². The number of nitrogens with zero attached hydrogens (tertiary/aromatic N) is 2. The molecule has 20 heavy (non-hydrogen) atoms. The summed E-state index contributed by atoms with van der Waals surface area (Å²) in [6, 6.07) is 5.19. The van der Waals surface area contributed by atoms with E-state index in [-0.39, 0.29) is 11.9 Å². The molecule has 0 unspecified atom stereocenters. The molecule has 0 saturated heterocycles. The van der Waals surface area contributed by atoms with Gasteiger partial charge in [-0.1, -0.05) is 19.9 Å². The second-order valence-electron chi connectivity index (χ2n) is 6.14. The van der Waals surface area contributed by atoms with Crippen LogP contribution >= 0.6 is 0 Å². The van der Waals surface area contributed by atoms with Crippen molar-refractivity contribution < 1.29 is 4.39 Å². The van der Waals surface area contributed by atoms with Crippen LogP contribution in [0.4, 0.5) is 10.1 Å². The topological polar surface area (TPSA) is 32.5 Å². The molecule has 0 heterocycles. The van der Waals surface area contributed by atoms with Gasteiger partial charge in [0.25, 0.3) is 0 Å². The smallest absolute Gasteiger partial charge is 0.146 e. The van der Waals surface area contributed by atoms with Gasteiger partial charge in [-0.2, -0.15) is 0 Å². The SMILES string of the molecule is CC(C)CN(CCN(C)C)c1ccc([C@@H](C)N)cc1F. The number of nitrogens with two attached hydrogens (primary N) is 1. The van der Waals surface area contributed by atoms with Gasteiger partial charge in [-0.05, 0) is 44.6 Å². The Labute approximate surface area is 122 Å². The predicted octanol–water partition coefficient (Wildman–Crippen LogP) is 2.87. The highest BCUT2D eigenvalue weighted by atomic mass is 19.1. The van der Waals surface area contributed by atoms with E-state index in [0.29, 0.717) is 11.6 Å². The quantitative estimate of drug-likeness (QED) is 0.834. The molecule has 0 bridgehead atoms. The fraction of sp³-hybridized carbons (Fsp3) is 0.625. The summed E-state index contributed by atoms with van der Waals surface area (Å²) in [6.07, 6.45) is 0. The van der Waals surface area contributed by atoms with E-state index >= 15 is 0 Å². The summed E-state index contributed by atoms with van der Waals surface area (Å²) >= 11 is 0. The number of halogens is 1. The Morgan fingerprint density at radius 2 is 1.80 bits per heavy atom. The zero-order valence-electron chi connectivity index (χ0n) is 13.4. The first-order chi connectivity index (χ1) is 9.31. The maximum absolute atomic E-state index is 14.3. The fourth-order valence-electron chi connectivity index (χ4n) is 2.13. The van der Waals surface area contributed by atoms with Crippen LogP contribution in [0.15, 0.2) is 18.2 Å². The molecule has 0 fully saturated rings. The number of hydrogen-bond acceptors (Lipinski definition) is 3. The van der Waals surface area contributed by atoms with Crippen LogP contribution < -0.4 is 10.6 Å². The molecule has 1 aromatic carbocycles. The molecule has 2 N–H and O–H groups in total. The van der Waals surface area contributed by atoms with Crippen LogP contribution in [0.25, 0.3) is 0 Å². The number of likely N-dealkylation sites (N-methyl/N-ethyl adjacent to an activating group) is 1. The molecule has 0 saturated carbocycles. The summed E-state index contributed by atoms with van der Waals surface area (Å²) in [5.74, 6) is 0.309. The highest BCUT2D eigenvalue weighted by Gasteiger charge is 2.14. The standard InChI is InChI=1S/C16H28FN3/c1-12(2)11-20(9-8-19(4)5)16-7-6-14(13(3)18)10-15(16)17/h6-7,10,12-13H,8-9,11,18H2,1-5H3/t13-/m1/s1. The average Bonchev–Trinajstić information content (AvgIpc) is 2.33. The van der Waals surface area contributed by atoms with Gasteiger partial charge in [-0.25, -0.2) is 4.39 Å². The third kappa shape index (κ3) is 5.10. The van der Waals surface area contributed by atoms with Crippen molar-refractivity contribution in [3.05, 3.63) is 29.6 Å². The molecule has 0 aliphatic carbocycles. The van der Waals surface area contributed by atoms with Crippen molar-refractivity contribution in [2.45, 2.75) is 26.8 Å². The van der Waals surface area contributed by atoms with Gasteiger partial charge in [-0.3, -0.25) is 0 Å². The zero-order chi connectivity index (χ0) is 15.3. The summed E-state index contributed by atoms with van der Waals surface area (Å²) in [5, 5.41) is 0. The highest BCUT2D eigenvalue weighted by Crippen LogP contribution is 2.23. The minimum Gasteiger partial charge on any atom is -0.368 e. The maximum atomic E-state index is 14.3. The molecule has 114 valence electrons. The minimum atomic E-state index is -0.181. The van der Waals surface area contributed by atoms with E-state index in [1.165, 1.54) is 0 Å². The second-order valence-corrected chi connectivity index (χ2v) is 6.14. The Morgan fingerprint density at radius 1 is 1.15 bits per heavy atom. The molecule has 0 spiro atoms. The Balaban J connectivity index is 2.94. The Hall–Kier alpha value is -1.13. The largest absolute Gasteiger partial charge is 0.368 e. The van der Waals surface area contributed by atoms with Crippen molar-refractivity contribution in [2.75, 3.05) is 38.6 Å². The first kappa shape index (κ1) is 16.9. The number of hydrogen-bond donors (Lipinski definition) is 1. The Kier molecular flexibility index (Phi) is 6.43. The van der Waals surface area contributed by atoms with Crippen molar-refractivity contribution in [3.63, 3.8) is 0 Å². The molecule has 0 aromatic heterocycles. The van der Waals surface area contributed by atoms with E-state index in [9.17, 15) is 4.39 Å². The summed E-state index contributed by atoms with van der Waals surface area (Å²) in [5.41, 5.74) is 7.31. The molecule has 1 atom stereocenters. The van der Waals surface area contributed by atoms with E-state index in [1.807, 2.05) is 33.2 Å². The summed E-state index contributed by atoms with van der Waals surface area (Å²) < 4.78 is 14.3. The zero-order valence-corrected chi connectivity index (χ0v) is 13.4. The van der Waals surface area contributed by atoms with Gasteiger partial charge < -0.3 is 15.5 Å². The summed E-state index contributed by atoms with van der Waals surface area (Å²) in [4.78, 5) is 4.23. The predicted molar refractivity (Wildman–Crippen MR) is 84.6 cm³/mol. The third-order valence-electron chi connectivity index (χ3n) is 3.24. The van der Waals surface area contributed by atoms with E-state index in [2.05, 4.69) is 23.6 Å². The molecule has 1 aromatic rings. The van der Waals surface area contributed by atoms with E-state index < -0.39 is 0 Å². The summed E-state index contributed by atoms with van der Waals surface area (Å²) in [7, 11) is 4.06. The molecule has 3 nitrogen and oxygen atoms in total. The first-order valence-electron chi connectivity index (χ1n) is 7.26. The lowest BCUT2D eigenvalue weighted by Gasteiger charge is -2.28. The molecular weight excluding hydrogens is 253 g/mol. The Bertz CT molecular complexity index is 416. The lowest BCUT2D eigenvalue weighted by atomic mass is 10.1. The van der Waals surface area contributed by atoms with Gasteiger partial charge in [0.15, 0.2) is 0 Å². The van der Waals surface area contributed by atoms with Gasteiger partial charge in [0.1, 0.15) is 5.82 Å². The van der Waals surface area contributed by atoms with E-state index in [0.717, 1.165) is 25.2 Å². The number of rotatable bonds is 7. The fourth-order valence-corrected chi connectivity index (χ4v) is 2.13. The monoisotopic (exact) mass is 281 g/mol. The molecule has 0 aliphatic heterocycles. The second kappa shape index (κ2) is 7.60. The van der Waals surface area contributed by atoms with Crippen molar-refractivity contribution in [1.82, 2.24) is 4.90 Å². The van der Waals surface area contributed by atoms with Crippen LogP contribution in [0, 0.1) is 11.7 Å². The van der Waals surface area contributed by atoms with Gasteiger partial charge in [0.05, 0.1) is 5.69 Å². The van der Waals surface area contributed by atoms with Crippen LogP contribution in [0.2, 0.25) is 0 Å². The van der Waals surface area contributed by atoms with Crippen molar-refractivity contribution in [3.8, 4) is 0 Å². The van der Waals surface area contributed by atoms with Crippen molar-refractivity contribution in [2.24, 2.45) is 11.7 Å². The number of anilines is 1. The van der Waals surface area contributed by atoms with Gasteiger partial charge in [-0.15, -0.1) is 0 Å². The normalized spacial score (nSPS) is 13.1. The molecule has 1 rings (SSSR count). The molecular formula is C16H28FN3. The van der Waals surface area contributed by atoms with Crippen LogP contribution in [0.5, 0.6) is 0 Å². The molecule has 0 aliphatic rings. The van der Waals surface area contributed by atoms with Crippen molar-refractivity contribution >= 4 is 5.69 Å². The first-order valence-corrected chi connectivity index (χ1v) is 7.26. The number of benzene rings is 1. The van der Waals surface area contributed by atoms with Crippen LogP contribution in [0.3, 0.4) is 0 Å². The minimum absolute atomic E-state index is 0.140. The van der Waals surface area contributed by atoms with Crippen molar-refractivity contribution in [1.29, 1.82) is 0 Å². The van der Waals surface area contributed by atoms with Crippen LogP contribution in [-0.4, -0.2) is 38.6 Å². The van der Waals surface area contributed by atoms with Gasteiger partial charge in [0, 0.05) is 25.7 Å². The molecule has 0 radical (unpaired) electrons. The third-order valence-corrected chi connectivity index (χ3v) is 3.24. The lowest BCUT2D eigenvalue weighted by molar-refractivity contribution is 0.407. The molecule has 4 heteroatoms. The highest BCUT2D eigenvalue weighted by molar-refractivity contribution is 5.49. The Morgan fingerprint density at radius 3 is 2.25 bits per heavy atom. The van der Waals surface area contributed by atoms with Gasteiger partial charge >= 0.3 is 0 Å². The van der Waals surface area contributed by atoms with E-state index in [1.54, 1.807) is 6.07 Å². The van der Waals surface area contributed by atoms with Gasteiger partial charge in [0.2, 0.25) is 0 Å². The average molecular weight is 281 g/mol. The lowest BCUT2D eigenvalue weighted by Crippen LogP contribution is -2.35. The van der Waals surface area contributed by atoms with Crippen LogP contribution in [-0.2, 0) is 0 Å². The maximum Gasteiger partial charge on any atom is 0.146 e. The summed E-state index contributed by atoms with van der Waals surface area (Å²) in [6.45, 7) is 8.74. The van der Waals surface area contributed by atoms with Crippen LogP contribution in [0.1, 0.15) is 32.4 Å².